The van der Waals surface area contributed by atoms with Crippen molar-refractivity contribution in [2.24, 2.45) is 0 Å². The third-order valence-electron chi connectivity index (χ3n) is 2.42. The molecule has 2 aromatic rings. The van der Waals surface area contributed by atoms with Crippen molar-refractivity contribution in [2.75, 3.05) is 5.32 Å². The summed E-state index contributed by atoms with van der Waals surface area (Å²) in [5.41, 5.74) is 1.77. The van der Waals surface area contributed by atoms with Gasteiger partial charge in [0.25, 0.3) is 0 Å². The van der Waals surface area contributed by atoms with Crippen molar-refractivity contribution in [3.63, 3.8) is 0 Å². The molecule has 1 heterocycles. The average molecular weight is 304 g/mol. The smallest absolute Gasteiger partial charge is 0.225 e. The highest BCUT2D eigenvalue weighted by Gasteiger charge is 2.07. The SMILES string of the molecule is CCC(=O)Nc1nnc(SCc2ccc(C#N)cc2)s1. The molecule has 1 aromatic carbocycles. The van der Waals surface area contributed by atoms with Gasteiger partial charge in [-0.15, -0.1) is 10.2 Å². The number of nitrogens with zero attached hydrogens (tertiary/aromatic N) is 3. The van der Waals surface area contributed by atoms with Gasteiger partial charge in [0.05, 0.1) is 11.6 Å². The second-order valence-corrected chi connectivity index (χ2v) is 6.07. The van der Waals surface area contributed by atoms with Gasteiger partial charge in [-0.2, -0.15) is 5.26 Å². The first kappa shape index (κ1) is 14.5. The highest BCUT2D eigenvalue weighted by atomic mass is 32.2. The van der Waals surface area contributed by atoms with Gasteiger partial charge in [-0.3, -0.25) is 4.79 Å². The number of thioether (sulfide) groups is 1. The fraction of sp³-hybridized carbons (Fsp3) is 0.231. The summed E-state index contributed by atoms with van der Waals surface area (Å²) in [4.78, 5) is 11.2. The first-order valence-electron chi connectivity index (χ1n) is 5.96. The number of benzene rings is 1. The summed E-state index contributed by atoms with van der Waals surface area (Å²) in [7, 11) is 0. The van der Waals surface area contributed by atoms with Crippen molar-refractivity contribution in [1.82, 2.24) is 10.2 Å². The molecule has 0 saturated carbocycles. The molecule has 1 amide bonds. The molecular weight excluding hydrogens is 292 g/mol. The first-order chi connectivity index (χ1) is 9.71. The van der Waals surface area contributed by atoms with Gasteiger partial charge in [-0.25, -0.2) is 0 Å². The summed E-state index contributed by atoms with van der Waals surface area (Å²) in [5, 5.41) is 19.9. The van der Waals surface area contributed by atoms with Crippen molar-refractivity contribution < 1.29 is 4.79 Å². The topological polar surface area (TPSA) is 78.7 Å². The number of carbonyl (C=O) groups excluding carboxylic acids is 1. The number of rotatable bonds is 5. The molecule has 1 N–H and O–H groups in total. The second kappa shape index (κ2) is 7.03. The lowest BCUT2D eigenvalue weighted by atomic mass is 10.2. The summed E-state index contributed by atoms with van der Waals surface area (Å²) in [6.45, 7) is 1.79. The van der Waals surface area contributed by atoms with E-state index in [1.54, 1.807) is 30.8 Å². The molecule has 0 fully saturated rings. The maximum Gasteiger partial charge on any atom is 0.225 e. The van der Waals surface area contributed by atoms with E-state index in [0.29, 0.717) is 17.1 Å². The van der Waals surface area contributed by atoms with Gasteiger partial charge in [0, 0.05) is 12.2 Å². The van der Waals surface area contributed by atoms with Crippen LogP contribution in [0.1, 0.15) is 24.5 Å². The number of anilines is 1. The minimum absolute atomic E-state index is 0.0650. The van der Waals surface area contributed by atoms with Crippen molar-refractivity contribution in [2.45, 2.75) is 23.4 Å². The number of hydrogen-bond donors (Lipinski definition) is 1. The van der Waals surface area contributed by atoms with Crippen molar-refractivity contribution >= 4 is 34.1 Å². The molecular formula is C13H12N4OS2. The monoisotopic (exact) mass is 304 g/mol. The Morgan fingerprint density at radius 3 is 2.80 bits per heavy atom. The highest BCUT2D eigenvalue weighted by Crippen LogP contribution is 2.28. The third kappa shape index (κ3) is 4.05. The molecule has 0 radical (unpaired) electrons. The Morgan fingerprint density at radius 1 is 1.40 bits per heavy atom. The first-order valence-corrected chi connectivity index (χ1v) is 7.76. The van der Waals surface area contributed by atoms with Gasteiger partial charge in [0.1, 0.15) is 0 Å². The van der Waals surface area contributed by atoms with Gasteiger partial charge in [-0.1, -0.05) is 42.2 Å². The number of aromatic nitrogens is 2. The van der Waals surface area contributed by atoms with Crippen LogP contribution in [-0.4, -0.2) is 16.1 Å². The molecule has 0 spiro atoms. The zero-order chi connectivity index (χ0) is 14.4. The van der Waals surface area contributed by atoms with Crippen molar-refractivity contribution in [3.8, 4) is 6.07 Å². The molecule has 7 heteroatoms. The molecule has 2 rings (SSSR count). The Kier molecular flexibility index (Phi) is 5.09. The quantitative estimate of drug-likeness (QED) is 0.678. The molecule has 0 atom stereocenters. The minimum Gasteiger partial charge on any atom is -0.301 e. The maximum absolute atomic E-state index is 11.2. The lowest BCUT2D eigenvalue weighted by Crippen LogP contribution is -2.08. The molecule has 20 heavy (non-hydrogen) atoms. The van der Waals surface area contributed by atoms with Crippen LogP contribution in [0, 0.1) is 11.3 Å². The number of amides is 1. The van der Waals surface area contributed by atoms with Crippen LogP contribution < -0.4 is 5.32 Å². The van der Waals surface area contributed by atoms with Gasteiger partial charge in [0.2, 0.25) is 11.0 Å². The maximum atomic E-state index is 11.2. The van der Waals surface area contributed by atoms with Crippen molar-refractivity contribution in [3.05, 3.63) is 35.4 Å². The average Bonchev–Trinajstić information content (AvgIpc) is 2.93. The van der Waals surface area contributed by atoms with E-state index in [-0.39, 0.29) is 5.91 Å². The zero-order valence-corrected chi connectivity index (χ0v) is 12.4. The molecule has 0 aliphatic heterocycles. The molecule has 0 saturated heterocycles. The number of nitriles is 1. The number of hydrogen-bond acceptors (Lipinski definition) is 6. The summed E-state index contributed by atoms with van der Waals surface area (Å²) in [5.74, 6) is 0.687. The van der Waals surface area contributed by atoms with Gasteiger partial charge in [-0.05, 0) is 17.7 Å². The molecule has 0 aliphatic carbocycles. The predicted octanol–water partition coefficient (Wildman–Crippen LogP) is 3.05. The van der Waals surface area contributed by atoms with Crippen LogP contribution in [0.15, 0.2) is 28.6 Å². The molecule has 0 unspecified atom stereocenters. The summed E-state index contributed by atoms with van der Waals surface area (Å²) in [6, 6.07) is 9.52. The van der Waals surface area contributed by atoms with E-state index < -0.39 is 0 Å². The van der Waals surface area contributed by atoms with E-state index in [1.165, 1.54) is 11.3 Å². The van der Waals surface area contributed by atoms with E-state index in [1.807, 2.05) is 12.1 Å². The normalized spacial score (nSPS) is 10.0. The Balaban J connectivity index is 1.90. The molecule has 102 valence electrons. The standard InChI is InChI=1S/C13H12N4OS2/c1-2-11(18)15-12-16-17-13(20-12)19-8-10-5-3-9(7-14)4-6-10/h3-6H,2,8H2,1H3,(H,15,16,18). The summed E-state index contributed by atoms with van der Waals surface area (Å²) < 4.78 is 0.806. The van der Waals surface area contributed by atoms with Crippen LogP contribution in [-0.2, 0) is 10.5 Å². The fourth-order valence-corrected chi connectivity index (χ4v) is 3.07. The van der Waals surface area contributed by atoms with E-state index in [0.717, 1.165) is 15.7 Å². The van der Waals surface area contributed by atoms with Crippen LogP contribution in [0.3, 0.4) is 0 Å². The van der Waals surface area contributed by atoms with E-state index >= 15 is 0 Å². The zero-order valence-electron chi connectivity index (χ0n) is 10.8. The van der Waals surface area contributed by atoms with Crippen molar-refractivity contribution in [1.29, 1.82) is 5.26 Å². The number of carbonyl (C=O) groups is 1. The summed E-state index contributed by atoms with van der Waals surface area (Å²) >= 11 is 2.91. The summed E-state index contributed by atoms with van der Waals surface area (Å²) in [6.07, 6.45) is 0.424. The lowest BCUT2D eigenvalue weighted by molar-refractivity contribution is -0.115. The van der Waals surface area contributed by atoms with Crippen LogP contribution in [0.2, 0.25) is 0 Å². The van der Waals surface area contributed by atoms with Gasteiger partial charge >= 0.3 is 0 Å². The largest absolute Gasteiger partial charge is 0.301 e. The Morgan fingerprint density at radius 2 is 2.15 bits per heavy atom. The third-order valence-corrected chi connectivity index (χ3v) is 4.46. The van der Waals surface area contributed by atoms with Crippen LogP contribution in [0.25, 0.3) is 0 Å². The number of nitrogens with one attached hydrogen (secondary N) is 1. The molecule has 1 aromatic heterocycles. The van der Waals surface area contributed by atoms with Crippen LogP contribution in [0.5, 0.6) is 0 Å². The fourth-order valence-electron chi connectivity index (χ4n) is 1.35. The Bertz CT molecular complexity index is 631. The van der Waals surface area contributed by atoms with E-state index in [9.17, 15) is 4.79 Å². The molecule has 5 nitrogen and oxygen atoms in total. The highest BCUT2D eigenvalue weighted by molar-refractivity contribution is 8.00. The minimum atomic E-state index is -0.0650. The van der Waals surface area contributed by atoms with Gasteiger partial charge < -0.3 is 5.32 Å². The van der Waals surface area contributed by atoms with Gasteiger partial charge in [0.15, 0.2) is 4.34 Å². The predicted molar refractivity (Wildman–Crippen MR) is 79.5 cm³/mol. The van der Waals surface area contributed by atoms with E-state index in [4.69, 9.17) is 5.26 Å². The molecule has 0 bridgehead atoms. The van der Waals surface area contributed by atoms with Crippen LogP contribution >= 0.6 is 23.1 Å². The van der Waals surface area contributed by atoms with Crippen LogP contribution in [0.4, 0.5) is 5.13 Å². The second-order valence-electron chi connectivity index (χ2n) is 3.87. The lowest BCUT2D eigenvalue weighted by Gasteiger charge is -1.98. The Hall–Kier alpha value is -1.91. The molecule has 0 aliphatic rings. The Labute approximate surface area is 125 Å². The van der Waals surface area contributed by atoms with E-state index in [2.05, 4.69) is 21.6 Å².